The maximum atomic E-state index is 12.1. The lowest BCUT2D eigenvalue weighted by molar-refractivity contribution is 0.0697. The van der Waals surface area contributed by atoms with Gasteiger partial charge >= 0.3 is 5.97 Å². The van der Waals surface area contributed by atoms with Gasteiger partial charge in [0.2, 0.25) is 0 Å². The van der Waals surface area contributed by atoms with Crippen LogP contribution in [0.5, 0.6) is 0 Å². The maximum absolute atomic E-state index is 12.1. The normalized spacial score (nSPS) is 18.5. The summed E-state index contributed by atoms with van der Waals surface area (Å²) in [7, 11) is 1.02. The van der Waals surface area contributed by atoms with Crippen molar-refractivity contribution in [3.8, 4) is 11.1 Å². The lowest BCUT2D eigenvalue weighted by Gasteiger charge is -2.38. The minimum Gasteiger partial charge on any atom is -0.478 e. The minimum absolute atomic E-state index is 0.0617. The van der Waals surface area contributed by atoms with Gasteiger partial charge in [0.25, 0.3) is 0 Å². The van der Waals surface area contributed by atoms with Crippen molar-refractivity contribution < 1.29 is 9.90 Å². The Hall–Kier alpha value is -1.57. The molecule has 0 bridgehead atoms. The first kappa shape index (κ1) is 24.6. The van der Waals surface area contributed by atoms with E-state index in [0.29, 0.717) is 5.56 Å². The van der Waals surface area contributed by atoms with Crippen molar-refractivity contribution in [2.75, 3.05) is 0 Å². The van der Waals surface area contributed by atoms with Crippen LogP contribution >= 0.6 is 7.36 Å². The standard InChI is InChI=1S/C29H37O2PS/c1-21-10-8-9-15-25(21)27-18-24(16-17-26(27)28(30)31)29(32-33,19-22-11-4-2-5-12-22)20-23-13-6-3-7-14-23/h8-10,15-18,22-23H,2-7,11-14,19-20H2,1H3,(H,30,31). The van der Waals surface area contributed by atoms with E-state index in [1.54, 1.807) is 0 Å². The van der Waals surface area contributed by atoms with Gasteiger partial charge in [0.1, 0.15) is 0 Å². The number of aryl methyl sites for hydroxylation is 1. The Balaban J connectivity index is 1.79. The average Bonchev–Trinajstić information content (AvgIpc) is 2.85. The highest BCUT2D eigenvalue weighted by molar-refractivity contribution is 7.96. The number of benzene rings is 2. The van der Waals surface area contributed by atoms with Gasteiger partial charge in [-0.1, -0.05) is 106 Å². The van der Waals surface area contributed by atoms with Crippen LogP contribution in [0.15, 0.2) is 42.5 Å². The summed E-state index contributed by atoms with van der Waals surface area (Å²) in [4.78, 5) is 12.1. The molecule has 1 N–H and O–H groups in total. The molecular formula is C29H37O2PS. The summed E-state index contributed by atoms with van der Waals surface area (Å²) in [5.41, 5.74) is 4.62. The Labute approximate surface area is 206 Å². The van der Waals surface area contributed by atoms with Crippen molar-refractivity contribution in [3.05, 3.63) is 59.2 Å². The Bertz CT molecular complexity index is 953. The van der Waals surface area contributed by atoms with Gasteiger partial charge < -0.3 is 5.11 Å². The van der Waals surface area contributed by atoms with Gasteiger partial charge in [-0.05, 0) is 73.3 Å². The first-order chi connectivity index (χ1) is 16.0. The average molecular weight is 481 g/mol. The van der Waals surface area contributed by atoms with E-state index in [9.17, 15) is 9.90 Å². The van der Waals surface area contributed by atoms with Crippen LogP contribution < -0.4 is 0 Å². The molecule has 4 heteroatoms. The van der Waals surface area contributed by atoms with Gasteiger partial charge in [0, 0.05) is 5.16 Å². The number of carboxylic acids is 1. The number of hydrogen-bond acceptors (Lipinski definition) is 2. The van der Waals surface area contributed by atoms with Crippen molar-refractivity contribution in [2.45, 2.75) is 89.1 Å². The molecule has 2 fully saturated rings. The Morgan fingerprint density at radius 2 is 1.48 bits per heavy atom. The fraction of sp³-hybridized carbons (Fsp3) is 0.552. The smallest absolute Gasteiger partial charge is 0.336 e. The Kier molecular flexibility index (Phi) is 8.36. The molecule has 2 nitrogen and oxygen atoms in total. The minimum atomic E-state index is -0.860. The van der Waals surface area contributed by atoms with Crippen LogP contribution in [-0.4, -0.2) is 11.1 Å². The van der Waals surface area contributed by atoms with E-state index in [0.717, 1.165) is 48.7 Å². The zero-order valence-corrected chi connectivity index (χ0v) is 21.6. The van der Waals surface area contributed by atoms with Crippen LogP contribution in [0.4, 0.5) is 0 Å². The highest BCUT2D eigenvalue weighted by Gasteiger charge is 2.37. The summed E-state index contributed by atoms with van der Waals surface area (Å²) in [6, 6.07) is 14.3. The molecule has 0 heterocycles. The second-order valence-electron chi connectivity index (χ2n) is 10.4. The highest BCUT2D eigenvalue weighted by Crippen LogP contribution is 2.51. The van der Waals surface area contributed by atoms with Crippen LogP contribution in [0, 0.1) is 18.8 Å². The summed E-state index contributed by atoms with van der Waals surface area (Å²) in [6.07, 6.45) is 15.6. The van der Waals surface area contributed by atoms with Crippen LogP contribution in [0.3, 0.4) is 0 Å². The van der Waals surface area contributed by atoms with Crippen LogP contribution in [0.1, 0.15) is 98.5 Å². The second kappa shape index (κ2) is 11.2. The number of rotatable bonds is 8. The molecule has 0 amide bonds. The predicted molar refractivity (Wildman–Crippen MR) is 142 cm³/mol. The molecule has 2 aliphatic carbocycles. The summed E-state index contributed by atoms with van der Waals surface area (Å²) in [5, 5.41) is 9.91. The molecule has 0 unspecified atom stereocenters. The molecule has 176 valence electrons. The van der Waals surface area contributed by atoms with Gasteiger partial charge in [-0.2, -0.15) is 0 Å². The van der Waals surface area contributed by atoms with Gasteiger partial charge in [-0.25, -0.2) is 4.79 Å². The van der Waals surface area contributed by atoms with E-state index in [1.807, 2.05) is 18.2 Å². The van der Waals surface area contributed by atoms with Crippen molar-refractivity contribution in [3.63, 3.8) is 0 Å². The van der Waals surface area contributed by atoms with E-state index in [-0.39, 0.29) is 5.16 Å². The third kappa shape index (κ3) is 5.75. The molecule has 0 saturated heterocycles. The predicted octanol–water partition coefficient (Wildman–Crippen LogP) is 8.90. The maximum Gasteiger partial charge on any atom is 0.336 e. The first-order valence-electron chi connectivity index (χ1n) is 12.8. The van der Waals surface area contributed by atoms with Crippen molar-refractivity contribution >= 4 is 25.1 Å². The van der Waals surface area contributed by atoms with Crippen LogP contribution in [-0.2, 0) is 17.0 Å². The molecule has 0 atom stereocenters. The largest absolute Gasteiger partial charge is 0.478 e. The number of hydrogen-bond donors (Lipinski definition) is 1. The first-order valence-corrected chi connectivity index (χ1v) is 14.7. The number of carbonyl (C=O) groups is 1. The molecule has 2 saturated carbocycles. The Morgan fingerprint density at radius 1 is 0.909 bits per heavy atom. The second-order valence-corrected chi connectivity index (χ2v) is 12.0. The zero-order valence-electron chi connectivity index (χ0n) is 19.9. The van der Waals surface area contributed by atoms with E-state index in [4.69, 9.17) is 11.8 Å². The molecule has 0 radical (unpaired) electrons. The third-order valence-electron chi connectivity index (χ3n) is 8.10. The molecule has 2 aromatic rings. The number of aromatic carboxylic acids is 1. The zero-order chi connectivity index (χ0) is 23.3. The van der Waals surface area contributed by atoms with E-state index in [2.05, 4.69) is 31.2 Å². The highest BCUT2D eigenvalue weighted by atomic mass is 32.4. The fourth-order valence-corrected chi connectivity index (χ4v) is 7.98. The summed E-state index contributed by atoms with van der Waals surface area (Å²) in [5.74, 6) is 0.610. The van der Waals surface area contributed by atoms with Gasteiger partial charge in [-0.15, -0.1) is 0 Å². The Morgan fingerprint density at radius 3 is 2.00 bits per heavy atom. The molecule has 0 aliphatic heterocycles. The molecule has 2 aromatic carbocycles. The van der Waals surface area contributed by atoms with E-state index < -0.39 is 5.97 Å². The van der Waals surface area contributed by atoms with E-state index in [1.165, 1.54) is 69.8 Å². The van der Waals surface area contributed by atoms with E-state index >= 15 is 0 Å². The summed E-state index contributed by atoms with van der Waals surface area (Å²) < 4.78 is 0. The molecule has 0 aromatic heterocycles. The summed E-state index contributed by atoms with van der Waals surface area (Å²) in [6.45, 7) is 2.07. The molecule has 33 heavy (non-hydrogen) atoms. The van der Waals surface area contributed by atoms with Gasteiger partial charge in [-0.3, -0.25) is 0 Å². The molecule has 2 aliphatic rings. The van der Waals surface area contributed by atoms with Crippen molar-refractivity contribution in [1.82, 2.24) is 0 Å². The summed E-state index contributed by atoms with van der Waals surface area (Å²) >= 11 is 5.93. The van der Waals surface area contributed by atoms with Crippen LogP contribution in [0.2, 0.25) is 0 Å². The van der Waals surface area contributed by atoms with Crippen molar-refractivity contribution in [1.29, 1.82) is 0 Å². The van der Waals surface area contributed by atoms with Crippen molar-refractivity contribution in [2.24, 2.45) is 11.8 Å². The SMILES string of the molecule is Cc1ccccc1-c1cc(C(CC2CCCCC2)(CC2CCCCC2)P=S)ccc1C(=O)O. The molecular weight excluding hydrogens is 443 g/mol. The third-order valence-corrected chi connectivity index (χ3v) is 10.1. The quantitative estimate of drug-likeness (QED) is 0.383. The monoisotopic (exact) mass is 480 g/mol. The molecule has 4 rings (SSSR count). The number of carboxylic acid groups (broad SMARTS) is 1. The van der Waals surface area contributed by atoms with Crippen LogP contribution in [0.25, 0.3) is 11.1 Å². The molecule has 0 spiro atoms. The van der Waals surface area contributed by atoms with Gasteiger partial charge in [0.05, 0.1) is 5.56 Å². The fourth-order valence-electron chi connectivity index (χ4n) is 6.30. The lowest BCUT2D eigenvalue weighted by atomic mass is 9.73. The van der Waals surface area contributed by atoms with Gasteiger partial charge in [0.15, 0.2) is 0 Å². The lowest BCUT2D eigenvalue weighted by Crippen LogP contribution is -2.28. The topological polar surface area (TPSA) is 37.3 Å².